The third-order valence-electron chi connectivity index (χ3n) is 3.88. The number of carbonyl (C=O) groups is 2. The SMILES string of the molecule is CCOC(=O)CCCCCCCCC(=O)OCCc1ccc(Cl)cc1. The fourth-order valence-electron chi connectivity index (χ4n) is 2.48. The first-order valence-electron chi connectivity index (χ1n) is 9.17. The van der Waals surface area contributed by atoms with Gasteiger partial charge in [-0.05, 0) is 37.5 Å². The van der Waals surface area contributed by atoms with E-state index in [0.29, 0.717) is 37.5 Å². The molecule has 0 aromatic heterocycles. The Bertz CT molecular complexity index is 499. The van der Waals surface area contributed by atoms with E-state index in [1.807, 2.05) is 31.2 Å². The Morgan fingerprint density at radius 2 is 1.36 bits per heavy atom. The van der Waals surface area contributed by atoms with Gasteiger partial charge in [-0.3, -0.25) is 9.59 Å². The number of unbranched alkanes of at least 4 members (excludes halogenated alkanes) is 5. The van der Waals surface area contributed by atoms with Gasteiger partial charge < -0.3 is 9.47 Å². The Morgan fingerprint density at radius 3 is 1.92 bits per heavy atom. The summed E-state index contributed by atoms with van der Waals surface area (Å²) in [6.45, 7) is 2.68. The van der Waals surface area contributed by atoms with Crippen molar-refractivity contribution < 1.29 is 19.1 Å². The molecule has 0 aliphatic rings. The summed E-state index contributed by atoms with van der Waals surface area (Å²) < 4.78 is 10.1. The minimum atomic E-state index is -0.128. The number of halogens is 1. The molecule has 0 radical (unpaired) electrons. The van der Waals surface area contributed by atoms with Crippen LogP contribution in [0, 0.1) is 0 Å². The van der Waals surface area contributed by atoms with Gasteiger partial charge in [0, 0.05) is 24.3 Å². The average molecular weight is 369 g/mol. The van der Waals surface area contributed by atoms with Crippen molar-refractivity contribution in [1.29, 1.82) is 0 Å². The van der Waals surface area contributed by atoms with Crippen molar-refractivity contribution in [3.05, 3.63) is 34.9 Å². The van der Waals surface area contributed by atoms with Crippen molar-refractivity contribution in [1.82, 2.24) is 0 Å². The highest BCUT2D eigenvalue weighted by molar-refractivity contribution is 6.30. The topological polar surface area (TPSA) is 52.6 Å². The van der Waals surface area contributed by atoms with Gasteiger partial charge in [-0.2, -0.15) is 0 Å². The highest BCUT2D eigenvalue weighted by Crippen LogP contribution is 2.11. The van der Waals surface area contributed by atoms with Crippen molar-refractivity contribution in [3.8, 4) is 0 Å². The molecule has 5 heteroatoms. The molecule has 1 rings (SSSR count). The Hall–Kier alpha value is -1.55. The van der Waals surface area contributed by atoms with Gasteiger partial charge in [-0.25, -0.2) is 0 Å². The molecule has 140 valence electrons. The summed E-state index contributed by atoms with van der Waals surface area (Å²) >= 11 is 5.83. The van der Waals surface area contributed by atoms with Crippen LogP contribution in [0.5, 0.6) is 0 Å². The molecule has 0 saturated carbocycles. The van der Waals surface area contributed by atoms with Gasteiger partial charge in [0.05, 0.1) is 13.2 Å². The first-order chi connectivity index (χ1) is 12.1. The van der Waals surface area contributed by atoms with E-state index in [2.05, 4.69) is 0 Å². The van der Waals surface area contributed by atoms with Crippen LogP contribution < -0.4 is 0 Å². The fraction of sp³-hybridized carbons (Fsp3) is 0.600. The monoisotopic (exact) mass is 368 g/mol. The molecule has 0 N–H and O–H groups in total. The van der Waals surface area contributed by atoms with E-state index in [-0.39, 0.29) is 11.9 Å². The summed E-state index contributed by atoms with van der Waals surface area (Å²) in [5.74, 6) is -0.236. The lowest BCUT2D eigenvalue weighted by Gasteiger charge is -2.05. The zero-order valence-corrected chi connectivity index (χ0v) is 15.9. The maximum absolute atomic E-state index is 11.7. The van der Waals surface area contributed by atoms with E-state index in [4.69, 9.17) is 21.1 Å². The number of esters is 2. The van der Waals surface area contributed by atoms with Gasteiger partial charge in [0.2, 0.25) is 0 Å². The molecular weight excluding hydrogens is 340 g/mol. The third kappa shape index (κ3) is 11.6. The first kappa shape index (κ1) is 21.5. The maximum Gasteiger partial charge on any atom is 0.305 e. The third-order valence-corrected chi connectivity index (χ3v) is 4.14. The Labute approximate surface area is 155 Å². The van der Waals surface area contributed by atoms with Gasteiger partial charge in [-0.1, -0.05) is 49.4 Å². The predicted molar refractivity (Wildman–Crippen MR) is 99.7 cm³/mol. The molecule has 25 heavy (non-hydrogen) atoms. The molecule has 0 unspecified atom stereocenters. The molecule has 4 nitrogen and oxygen atoms in total. The zero-order chi connectivity index (χ0) is 18.3. The molecule has 1 aromatic carbocycles. The minimum Gasteiger partial charge on any atom is -0.466 e. The van der Waals surface area contributed by atoms with E-state index in [0.717, 1.165) is 44.1 Å². The summed E-state index contributed by atoms with van der Waals surface area (Å²) in [7, 11) is 0. The van der Waals surface area contributed by atoms with E-state index in [1.165, 1.54) is 0 Å². The molecule has 0 aliphatic carbocycles. The highest BCUT2D eigenvalue weighted by Gasteiger charge is 2.04. The fourth-order valence-corrected chi connectivity index (χ4v) is 2.61. The minimum absolute atomic E-state index is 0.108. The summed E-state index contributed by atoms with van der Waals surface area (Å²) in [6.07, 6.45) is 7.66. The predicted octanol–water partition coefficient (Wildman–Crippen LogP) is 5.11. The van der Waals surface area contributed by atoms with E-state index >= 15 is 0 Å². The lowest BCUT2D eigenvalue weighted by atomic mass is 10.1. The molecule has 0 fully saturated rings. The number of hydrogen-bond acceptors (Lipinski definition) is 4. The van der Waals surface area contributed by atoms with Crippen LogP contribution in [0.15, 0.2) is 24.3 Å². The van der Waals surface area contributed by atoms with Crippen LogP contribution >= 0.6 is 11.6 Å². The smallest absolute Gasteiger partial charge is 0.305 e. The number of carbonyl (C=O) groups excluding carboxylic acids is 2. The van der Waals surface area contributed by atoms with Crippen LogP contribution in [0.4, 0.5) is 0 Å². The maximum atomic E-state index is 11.7. The Morgan fingerprint density at radius 1 is 0.840 bits per heavy atom. The molecule has 0 heterocycles. The average Bonchev–Trinajstić information content (AvgIpc) is 2.59. The van der Waals surface area contributed by atoms with Crippen LogP contribution in [0.2, 0.25) is 5.02 Å². The summed E-state index contributed by atoms with van der Waals surface area (Å²) in [6, 6.07) is 7.56. The number of rotatable bonds is 13. The van der Waals surface area contributed by atoms with Crippen LogP contribution in [-0.2, 0) is 25.5 Å². The Balaban J connectivity index is 1.91. The Kier molecular flexibility index (Phi) is 11.8. The van der Waals surface area contributed by atoms with Crippen LogP contribution in [0.25, 0.3) is 0 Å². The van der Waals surface area contributed by atoms with E-state index in [1.54, 1.807) is 0 Å². The summed E-state index contributed by atoms with van der Waals surface area (Å²) in [5.41, 5.74) is 1.11. The van der Waals surface area contributed by atoms with E-state index < -0.39 is 0 Å². The van der Waals surface area contributed by atoms with Gasteiger partial charge in [0.15, 0.2) is 0 Å². The largest absolute Gasteiger partial charge is 0.466 e. The molecule has 0 atom stereocenters. The second-order valence-electron chi connectivity index (χ2n) is 6.02. The molecule has 1 aromatic rings. The van der Waals surface area contributed by atoms with Crippen LogP contribution in [0.3, 0.4) is 0 Å². The zero-order valence-electron chi connectivity index (χ0n) is 15.1. The van der Waals surface area contributed by atoms with E-state index in [9.17, 15) is 9.59 Å². The molecular formula is C20H29ClO4. The molecule has 0 aliphatic heterocycles. The lowest BCUT2D eigenvalue weighted by molar-refractivity contribution is -0.144. The van der Waals surface area contributed by atoms with Gasteiger partial charge in [0.25, 0.3) is 0 Å². The highest BCUT2D eigenvalue weighted by atomic mass is 35.5. The van der Waals surface area contributed by atoms with Crippen molar-refractivity contribution in [2.45, 2.75) is 64.7 Å². The van der Waals surface area contributed by atoms with Crippen LogP contribution in [-0.4, -0.2) is 25.2 Å². The quantitative estimate of drug-likeness (QED) is 0.358. The standard InChI is InChI=1S/C20H29ClO4/c1-2-24-19(22)9-7-5-3-4-6-8-10-20(23)25-16-15-17-11-13-18(21)14-12-17/h11-14H,2-10,15-16H2,1H3. The molecule has 0 saturated heterocycles. The lowest BCUT2D eigenvalue weighted by Crippen LogP contribution is -2.07. The number of ether oxygens (including phenoxy) is 2. The number of benzene rings is 1. The van der Waals surface area contributed by atoms with Crippen LogP contribution in [0.1, 0.15) is 63.9 Å². The van der Waals surface area contributed by atoms with Crippen molar-refractivity contribution >= 4 is 23.5 Å². The normalized spacial score (nSPS) is 10.5. The second kappa shape index (κ2) is 13.7. The first-order valence-corrected chi connectivity index (χ1v) is 9.55. The summed E-state index contributed by atoms with van der Waals surface area (Å²) in [5, 5.41) is 0.710. The van der Waals surface area contributed by atoms with Gasteiger partial charge in [-0.15, -0.1) is 0 Å². The molecule has 0 bridgehead atoms. The van der Waals surface area contributed by atoms with Gasteiger partial charge >= 0.3 is 11.9 Å². The summed E-state index contributed by atoms with van der Waals surface area (Å²) in [4.78, 5) is 22.8. The number of hydrogen-bond donors (Lipinski definition) is 0. The van der Waals surface area contributed by atoms with Crippen molar-refractivity contribution in [2.24, 2.45) is 0 Å². The van der Waals surface area contributed by atoms with Crippen molar-refractivity contribution in [3.63, 3.8) is 0 Å². The van der Waals surface area contributed by atoms with Gasteiger partial charge in [0.1, 0.15) is 0 Å². The molecule has 0 spiro atoms. The second-order valence-corrected chi connectivity index (χ2v) is 6.46. The van der Waals surface area contributed by atoms with Crippen molar-refractivity contribution in [2.75, 3.05) is 13.2 Å². The molecule has 0 amide bonds.